The van der Waals surface area contributed by atoms with Gasteiger partial charge in [0, 0.05) is 20.2 Å². The molecule has 152 valence electrons. The summed E-state index contributed by atoms with van der Waals surface area (Å²) >= 11 is 0. The fraction of sp³-hybridized carbons (Fsp3) is 0.429. The van der Waals surface area contributed by atoms with Gasteiger partial charge in [-0.05, 0) is 24.6 Å². The molecule has 1 aliphatic rings. The fourth-order valence-corrected chi connectivity index (χ4v) is 4.56. The van der Waals surface area contributed by atoms with Gasteiger partial charge in [-0.3, -0.25) is 0 Å². The van der Waals surface area contributed by atoms with Crippen molar-refractivity contribution >= 4 is 10.0 Å². The molecule has 6 nitrogen and oxygen atoms in total. The molecule has 0 N–H and O–H groups in total. The standard InChI is InChI=1S/C21H27NO5S/c1-17-8-10-21(11-9-17)28(23,24)22-12-19(25-2)16-27-20(13-22)15-26-14-18-6-4-3-5-7-18/h3-11,19-20H,12-16H2,1-2H3. The summed E-state index contributed by atoms with van der Waals surface area (Å²) in [6.07, 6.45) is -0.677. The number of aryl methyl sites for hydroxylation is 1. The molecule has 1 heterocycles. The predicted octanol–water partition coefficient (Wildman–Crippen LogP) is 2.62. The molecule has 1 aliphatic heterocycles. The number of methoxy groups -OCH3 is 1. The van der Waals surface area contributed by atoms with E-state index in [0.717, 1.165) is 11.1 Å². The lowest BCUT2D eigenvalue weighted by Gasteiger charge is -2.24. The van der Waals surface area contributed by atoms with Crippen LogP contribution in [0.4, 0.5) is 0 Å². The summed E-state index contributed by atoms with van der Waals surface area (Å²) in [6.45, 7) is 3.50. The van der Waals surface area contributed by atoms with Gasteiger partial charge >= 0.3 is 0 Å². The van der Waals surface area contributed by atoms with E-state index >= 15 is 0 Å². The molecule has 0 spiro atoms. The number of hydrogen-bond donors (Lipinski definition) is 0. The van der Waals surface area contributed by atoms with Crippen molar-refractivity contribution in [1.82, 2.24) is 4.31 Å². The molecule has 2 unspecified atom stereocenters. The van der Waals surface area contributed by atoms with Crippen molar-refractivity contribution in [3.8, 4) is 0 Å². The van der Waals surface area contributed by atoms with E-state index in [4.69, 9.17) is 14.2 Å². The van der Waals surface area contributed by atoms with E-state index in [0.29, 0.717) is 19.8 Å². The third-order valence-corrected chi connectivity index (χ3v) is 6.59. The van der Waals surface area contributed by atoms with Crippen molar-refractivity contribution in [1.29, 1.82) is 0 Å². The van der Waals surface area contributed by atoms with Gasteiger partial charge in [0.1, 0.15) is 0 Å². The Kier molecular flexibility index (Phi) is 7.20. The average molecular weight is 406 g/mol. The van der Waals surface area contributed by atoms with E-state index in [1.807, 2.05) is 37.3 Å². The number of sulfonamides is 1. The zero-order chi connectivity index (χ0) is 20.0. The first kappa shape index (κ1) is 21.0. The molecule has 0 saturated carbocycles. The number of nitrogens with zero attached hydrogens (tertiary/aromatic N) is 1. The fourth-order valence-electron chi connectivity index (χ4n) is 3.06. The lowest BCUT2D eigenvalue weighted by Crippen LogP contribution is -2.40. The first-order chi connectivity index (χ1) is 13.5. The molecule has 1 fully saturated rings. The highest BCUT2D eigenvalue weighted by atomic mass is 32.2. The minimum absolute atomic E-state index is 0.227. The second-order valence-electron chi connectivity index (χ2n) is 6.95. The van der Waals surface area contributed by atoms with Crippen LogP contribution < -0.4 is 0 Å². The molecular formula is C21H27NO5S. The molecule has 0 aromatic heterocycles. The van der Waals surface area contributed by atoms with Crippen molar-refractivity contribution in [2.45, 2.75) is 30.6 Å². The van der Waals surface area contributed by atoms with Gasteiger partial charge < -0.3 is 14.2 Å². The summed E-state index contributed by atoms with van der Waals surface area (Å²) in [5.41, 5.74) is 2.08. The van der Waals surface area contributed by atoms with Crippen LogP contribution in [0.25, 0.3) is 0 Å². The lowest BCUT2D eigenvalue weighted by molar-refractivity contribution is -0.0436. The quantitative estimate of drug-likeness (QED) is 0.709. The molecule has 7 heteroatoms. The summed E-state index contributed by atoms with van der Waals surface area (Å²) in [5, 5.41) is 0. The van der Waals surface area contributed by atoms with Crippen LogP contribution in [0.2, 0.25) is 0 Å². The van der Waals surface area contributed by atoms with Gasteiger partial charge in [-0.1, -0.05) is 48.0 Å². The van der Waals surface area contributed by atoms with Gasteiger partial charge in [-0.2, -0.15) is 4.31 Å². The molecule has 1 saturated heterocycles. The Hall–Kier alpha value is -1.77. The van der Waals surface area contributed by atoms with E-state index in [-0.39, 0.29) is 30.2 Å². The number of rotatable bonds is 7. The lowest BCUT2D eigenvalue weighted by atomic mass is 10.2. The van der Waals surface area contributed by atoms with E-state index < -0.39 is 10.0 Å². The number of hydrogen-bond acceptors (Lipinski definition) is 5. The molecule has 2 aromatic carbocycles. The largest absolute Gasteiger partial charge is 0.378 e. The van der Waals surface area contributed by atoms with Crippen molar-refractivity contribution in [2.24, 2.45) is 0 Å². The number of ether oxygens (including phenoxy) is 3. The van der Waals surface area contributed by atoms with Crippen LogP contribution in [0.1, 0.15) is 11.1 Å². The third kappa shape index (κ3) is 5.40. The molecular weight excluding hydrogens is 378 g/mol. The first-order valence-corrected chi connectivity index (χ1v) is 10.8. The Bertz CT molecular complexity index is 839. The minimum Gasteiger partial charge on any atom is -0.378 e. The van der Waals surface area contributed by atoms with Crippen molar-refractivity contribution in [3.63, 3.8) is 0 Å². The van der Waals surface area contributed by atoms with Crippen LogP contribution in [0.3, 0.4) is 0 Å². The highest BCUT2D eigenvalue weighted by Gasteiger charge is 2.33. The molecule has 0 amide bonds. The molecule has 28 heavy (non-hydrogen) atoms. The summed E-state index contributed by atoms with van der Waals surface area (Å²) in [6, 6.07) is 16.7. The van der Waals surface area contributed by atoms with Crippen molar-refractivity contribution in [3.05, 3.63) is 65.7 Å². The summed E-state index contributed by atoms with van der Waals surface area (Å²) in [7, 11) is -2.07. The van der Waals surface area contributed by atoms with Crippen LogP contribution in [0.5, 0.6) is 0 Å². The zero-order valence-electron chi connectivity index (χ0n) is 16.3. The second-order valence-corrected chi connectivity index (χ2v) is 8.89. The summed E-state index contributed by atoms with van der Waals surface area (Å²) in [4.78, 5) is 0.277. The Morgan fingerprint density at radius 2 is 1.79 bits per heavy atom. The Labute approximate surface area is 167 Å². The Balaban J connectivity index is 1.69. The van der Waals surface area contributed by atoms with Crippen LogP contribution in [-0.4, -0.2) is 58.3 Å². The maximum absolute atomic E-state index is 13.1. The van der Waals surface area contributed by atoms with E-state index in [1.165, 1.54) is 4.31 Å². The van der Waals surface area contributed by atoms with Gasteiger partial charge in [0.25, 0.3) is 0 Å². The van der Waals surface area contributed by atoms with Crippen molar-refractivity contribution < 1.29 is 22.6 Å². The van der Waals surface area contributed by atoms with E-state index in [9.17, 15) is 8.42 Å². The van der Waals surface area contributed by atoms with Gasteiger partial charge in [0.15, 0.2) is 0 Å². The monoisotopic (exact) mass is 405 g/mol. The highest BCUT2D eigenvalue weighted by molar-refractivity contribution is 7.89. The SMILES string of the molecule is COC1COC(COCc2ccccc2)CN(S(=O)(=O)c2ccc(C)cc2)C1. The van der Waals surface area contributed by atoms with Gasteiger partial charge in [0.05, 0.1) is 36.9 Å². The summed E-state index contributed by atoms with van der Waals surface area (Å²) < 4.78 is 44.7. The molecule has 0 radical (unpaired) electrons. The molecule has 2 aromatic rings. The van der Waals surface area contributed by atoms with Gasteiger partial charge in [-0.25, -0.2) is 8.42 Å². The Morgan fingerprint density at radius 1 is 1.07 bits per heavy atom. The van der Waals surface area contributed by atoms with E-state index in [2.05, 4.69) is 0 Å². The average Bonchev–Trinajstić information content (AvgIpc) is 2.92. The van der Waals surface area contributed by atoms with Crippen LogP contribution in [0.15, 0.2) is 59.5 Å². The molecule has 0 aliphatic carbocycles. The van der Waals surface area contributed by atoms with Crippen molar-refractivity contribution in [2.75, 3.05) is 33.4 Å². The van der Waals surface area contributed by atoms with Crippen LogP contribution in [-0.2, 0) is 30.8 Å². The third-order valence-electron chi connectivity index (χ3n) is 4.74. The van der Waals surface area contributed by atoms with Gasteiger partial charge in [-0.15, -0.1) is 0 Å². The second kappa shape index (κ2) is 9.62. The van der Waals surface area contributed by atoms with Crippen LogP contribution >= 0.6 is 0 Å². The van der Waals surface area contributed by atoms with Crippen LogP contribution in [0, 0.1) is 6.92 Å². The highest BCUT2D eigenvalue weighted by Crippen LogP contribution is 2.20. The Morgan fingerprint density at radius 3 is 2.46 bits per heavy atom. The topological polar surface area (TPSA) is 65.1 Å². The molecule has 3 rings (SSSR count). The zero-order valence-corrected chi connectivity index (χ0v) is 17.1. The molecule has 0 bridgehead atoms. The molecule has 2 atom stereocenters. The summed E-state index contributed by atoms with van der Waals surface area (Å²) in [5.74, 6) is 0. The number of benzene rings is 2. The van der Waals surface area contributed by atoms with Gasteiger partial charge in [0.2, 0.25) is 10.0 Å². The maximum Gasteiger partial charge on any atom is 0.243 e. The minimum atomic E-state index is -3.64. The maximum atomic E-state index is 13.1. The normalized spacial score (nSPS) is 21.4. The van der Waals surface area contributed by atoms with E-state index in [1.54, 1.807) is 31.4 Å². The predicted molar refractivity (Wildman–Crippen MR) is 107 cm³/mol. The first-order valence-electron chi connectivity index (χ1n) is 9.32. The smallest absolute Gasteiger partial charge is 0.243 e.